The molecule has 2 N–H and O–H groups in total. The summed E-state index contributed by atoms with van der Waals surface area (Å²) >= 11 is 0. The smallest absolute Gasteiger partial charge is 0.264 e. The van der Waals surface area contributed by atoms with E-state index in [9.17, 15) is 19.1 Å². The lowest BCUT2D eigenvalue weighted by molar-refractivity contribution is -0.130. The zero-order valence-electron chi connectivity index (χ0n) is 20.5. The molecule has 36 heavy (non-hydrogen) atoms. The van der Waals surface area contributed by atoms with Crippen molar-refractivity contribution >= 4 is 17.5 Å². The van der Waals surface area contributed by atoms with Gasteiger partial charge in [-0.3, -0.25) is 14.5 Å². The van der Waals surface area contributed by atoms with E-state index >= 15 is 0 Å². The topological polar surface area (TPSA) is 101 Å². The summed E-state index contributed by atoms with van der Waals surface area (Å²) in [6, 6.07) is 11.4. The number of para-hydroxylation sites is 1. The number of carbonyl (C=O) groups is 2. The summed E-state index contributed by atoms with van der Waals surface area (Å²) in [7, 11) is 2.95. The van der Waals surface area contributed by atoms with Crippen LogP contribution in [0.25, 0.3) is 0 Å². The fourth-order valence-electron chi connectivity index (χ4n) is 4.66. The van der Waals surface area contributed by atoms with Crippen LogP contribution in [-0.2, 0) is 14.3 Å². The molecule has 0 radical (unpaired) electrons. The normalized spacial score (nSPS) is 19.9. The molecule has 0 aromatic heterocycles. The Morgan fingerprint density at radius 2 is 1.86 bits per heavy atom. The molecule has 0 spiro atoms. The fraction of sp³-hybridized carbons (Fsp3) is 0.385. The summed E-state index contributed by atoms with van der Waals surface area (Å²) in [6.07, 6.45) is -0.209. The average molecular weight is 500 g/mol. The Balaban J connectivity index is 1.71. The van der Waals surface area contributed by atoms with Crippen molar-refractivity contribution in [2.24, 2.45) is 0 Å². The number of rotatable bonds is 8. The highest BCUT2D eigenvalue weighted by Crippen LogP contribution is 2.42. The molecule has 0 aliphatic carbocycles. The second-order valence-corrected chi connectivity index (χ2v) is 8.52. The highest BCUT2D eigenvalue weighted by atomic mass is 19.1. The minimum atomic E-state index is -0.821. The molecule has 1 saturated heterocycles. The monoisotopic (exact) mass is 499 g/mol. The third-order valence-electron chi connectivity index (χ3n) is 6.42. The maximum absolute atomic E-state index is 13.7. The summed E-state index contributed by atoms with van der Waals surface area (Å²) in [5, 5.41) is 14.2. The summed E-state index contributed by atoms with van der Waals surface area (Å²) in [4.78, 5) is 29.5. The van der Waals surface area contributed by atoms with Gasteiger partial charge in [0.15, 0.2) is 5.57 Å². The number of anilines is 1. The van der Waals surface area contributed by atoms with E-state index in [4.69, 9.17) is 14.2 Å². The van der Waals surface area contributed by atoms with E-state index in [-0.39, 0.29) is 18.3 Å². The number of aliphatic hydroxyl groups excluding tert-OH is 1. The molecule has 2 unspecified atom stereocenters. The first-order valence-corrected chi connectivity index (χ1v) is 11.8. The van der Waals surface area contributed by atoms with Crippen LogP contribution in [-0.4, -0.2) is 68.5 Å². The Morgan fingerprint density at radius 3 is 2.50 bits per heavy atom. The number of aliphatic hydroxyl groups is 1. The number of nitrogens with zero attached hydrogens (tertiary/aromatic N) is 2. The van der Waals surface area contributed by atoms with Crippen LogP contribution in [0, 0.1) is 5.82 Å². The fourth-order valence-corrected chi connectivity index (χ4v) is 4.66. The molecule has 2 aliphatic rings. The van der Waals surface area contributed by atoms with Crippen molar-refractivity contribution in [2.75, 3.05) is 45.4 Å². The van der Waals surface area contributed by atoms with Crippen LogP contribution in [0.3, 0.4) is 0 Å². The van der Waals surface area contributed by atoms with Gasteiger partial charge >= 0.3 is 0 Å². The van der Waals surface area contributed by atoms with Crippen LogP contribution >= 0.6 is 0 Å². The number of likely N-dealkylation sites (tertiary alicyclic amines) is 1. The SMILES string of the molecule is CCOCC1NC(=O)C(C(=O)N2CCC(c3cccc(F)c3)C2)=C(O)N1c1c(OC)cccc1OC. The average Bonchev–Trinajstić information content (AvgIpc) is 3.37. The highest BCUT2D eigenvalue weighted by Gasteiger charge is 2.42. The van der Waals surface area contributed by atoms with Gasteiger partial charge in [-0.25, -0.2) is 4.39 Å². The first kappa shape index (κ1) is 25.3. The van der Waals surface area contributed by atoms with Gasteiger partial charge in [0.25, 0.3) is 11.8 Å². The molecule has 10 heteroatoms. The number of amides is 2. The zero-order valence-corrected chi connectivity index (χ0v) is 20.5. The van der Waals surface area contributed by atoms with Crippen molar-refractivity contribution in [3.8, 4) is 11.5 Å². The second-order valence-electron chi connectivity index (χ2n) is 8.52. The van der Waals surface area contributed by atoms with Crippen molar-refractivity contribution in [3.63, 3.8) is 0 Å². The Kier molecular flexibility index (Phi) is 7.64. The van der Waals surface area contributed by atoms with Crippen molar-refractivity contribution in [2.45, 2.75) is 25.4 Å². The molecule has 2 aromatic carbocycles. The first-order chi connectivity index (χ1) is 17.4. The van der Waals surface area contributed by atoms with Gasteiger partial charge < -0.3 is 29.5 Å². The highest BCUT2D eigenvalue weighted by molar-refractivity contribution is 6.20. The van der Waals surface area contributed by atoms with Gasteiger partial charge in [-0.2, -0.15) is 0 Å². The van der Waals surface area contributed by atoms with Crippen LogP contribution < -0.4 is 19.7 Å². The van der Waals surface area contributed by atoms with Gasteiger partial charge in [0, 0.05) is 25.6 Å². The molecular weight excluding hydrogens is 469 g/mol. The van der Waals surface area contributed by atoms with Gasteiger partial charge in [-0.1, -0.05) is 18.2 Å². The van der Waals surface area contributed by atoms with Crippen LogP contribution in [0.1, 0.15) is 24.8 Å². The Hall–Kier alpha value is -3.79. The molecular formula is C26H30FN3O6. The van der Waals surface area contributed by atoms with Crippen LogP contribution in [0.2, 0.25) is 0 Å². The van der Waals surface area contributed by atoms with Gasteiger partial charge in [0.1, 0.15) is 29.2 Å². The Morgan fingerprint density at radius 1 is 1.17 bits per heavy atom. The van der Waals surface area contributed by atoms with Gasteiger partial charge in [0.05, 0.1) is 20.8 Å². The molecule has 2 amide bonds. The predicted molar refractivity (Wildman–Crippen MR) is 130 cm³/mol. The third kappa shape index (κ3) is 4.81. The summed E-state index contributed by atoms with van der Waals surface area (Å²) < 4.78 is 30.3. The van der Waals surface area contributed by atoms with Gasteiger partial charge in [-0.15, -0.1) is 0 Å². The number of hydrogen-bond donors (Lipinski definition) is 2. The summed E-state index contributed by atoms with van der Waals surface area (Å²) in [5.41, 5.74) is 0.735. The van der Waals surface area contributed by atoms with Crippen LogP contribution in [0.15, 0.2) is 53.9 Å². The van der Waals surface area contributed by atoms with E-state index in [1.54, 1.807) is 24.3 Å². The quantitative estimate of drug-likeness (QED) is 0.539. The molecule has 4 rings (SSSR count). The van der Waals surface area contributed by atoms with Crippen LogP contribution in [0.4, 0.5) is 10.1 Å². The second kappa shape index (κ2) is 10.9. The number of benzene rings is 2. The molecule has 0 saturated carbocycles. The third-order valence-corrected chi connectivity index (χ3v) is 6.42. The predicted octanol–water partition coefficient (Wildman–Crippen LogP) is 2.93. The minimum absolute atomic E-state index is 0.0420. The number of ether oxygens (including phenoxy) is 3. The van der Waals surface area contributed by atoms with Crippen molar-refractivity contribution in [1.29, 1.82) is 0 Å². The zero-order chi connectivity index (χ0) is 25.8. The first-order valence-electron chi connectivity index (χ1n) is 11.8. The van der Waals surface area contributed by atoms with E-state index in [0.717, 1.165) is 5.56 Å². The lowest BCUT2D eigenvalue weighted by atomic mass is 9.98. The number of halogens is 1. The molecule has 9 nitrogen and oxygen atoms in total. The van der Waals surface area contributed by atoms with E-state index in [1.165, 1.54) is 36.2 Å². The van der Waals surface area contributed by atoms with Gasteiger partial charge in [0.2, 0.25) is 5.88 Å². The molecule has 0 bridgehead atoms. The molecule has 2 aliphatic heterocycles. The van der Waals surface area contributed by atoms with Crippen molar-refractivity contribution in [3.05, 3.63) is 65.3 Å². The summed E-state index contributed by atoms with van der Waals surface area (Å²) in [5.74, 6) is -1.51. The Labute approximate surface area is 209 Å². The summed E-state index contributed by atoms with van der Waals surface area (Å²) in [6.45, 7) is 2.90. The molecule has 1 fully saturated rings. The lowest BCUT2D eigenvalue weighted by Gasteiger charge is -2.38. The number of carbonyl (C=O) groups excluding carboxylic acids is 2. The number of nitrogens with one attached hydrogen (secondary N) is 1. The van der Waals surface area contributed by atoms with E-state index < -0.39 is 29.4 Å². The standard InChI is InChI=1S/C26H30FN3O6/c1-4-36-15-21-28-24(31)22(26(33)30(21)23-19(34-2)9-6-10-20(23)35-3)25(32)29-12-11-17(14-29)16-7-5-8-18(27)13-16/h5-10,13,17,21,33H,4,11-12,14-15H2,1-3H3,(H,28,31). The maximum Gasteiger partial charge on any atom is 0.264 e. The van der Waals surface area contributed by atoms with E-state index in [1.807, 2.05) is 13.0 Å². The van der Waals surface area contributed by atoms with Crippen molar-refractivity contribution < 1.29 is 33.3 Å². The molecule has 2 heterocycles. The molecule has 192 valence electrons. The lowest BCUT2D eigenvalue weighted by Crippen LogP contribution is -2.57. The maximum atomic E-state index is 13.7. The molecule has 2 aromatic rings. The van der Waals surface area contributed by atoms with Crippen molar-refractivity contribution in [1.82, 2.24) is 10.2 Å². The van der Waals surface area contributed by atoms with Gasteiger partial charge in [-0.05, 0) is 43.2 Å². The minimum Gasteiger partial charge on any atom is -0.494 e. The largest absolute Gasteiger partial charge is 0.494 e. The number of methoxy groups -OCH3 is 2. The molecule has 2 atom stereocenters. The van der Waals surface area contributed by atoms with Crippen LogP contribution in [0.5, 0.6) is 11.5 Å². The number of hydrogen-bond acceptors (Lipinski definition) is 7. The van der Waals surface area contributed by atoms with E-state index in [2.05, 4.69) is 5.32 Å². The van der Waals surface area contributed by atoms with E-state index in [0.29, 0.717) is 43.3 Å². The Bertz CT molecular complexity index is 1150.